The molecule has 1 N–H and O–H groups in total. The van der Waals surface area contributed by atoms with Gasteiger partial charge in [0.1, 0.15) is 0 Å². The lowest BCUT2D eigenvalue weighted by Crippen LogP contribution is -2.37. The molecule has 0 amide bonds. The van der Waals surface area contributed by atoms with Gasteiger partial charge >= 0.3 is 0 Å². The Morgan fingerprint density at radius 2 is 2.08 bits per heavy atom. The van der Waals surface area contributed by atoms with E-state index in [-0.39, 0.29) is 11.2 Å². The monoisotopic (exact) mass is 376 g/mol. The van der Waals surface area contributed by atoms with Gasteiger partial charge in [0, 0.05) is 37.0 Å². The fourth-order valence-electron chi connectivity index (χ4n) is 2.78. The molecule has 1 aliphatic rings. The van der Waals surface area contributed by atoms with Gasteiger partial charge in [-0.25, -0.2) is 4.98 Å². The van der Waals surface area contributed by atoms with Gasteiger partial charge in [-0.1, -0.05) is 30.0 Å². The number of nitro benzene ring substituents is 1. The minimum Gasteiger partial charge on any atom is -0.379 e. The molecule has 2 aromatic rings. The van der Waals surface area contributed by atoms with Gasteiger partial charge in [0.2, 0.25) is 0 Å². The Balaban J connectivity index is 1.72. The number of nitrogens with zero attached hydrogens (tertiary/aromatic N) is 3. The van der Waals surface area contributed by atoms with Crippen LogP contribution in [0.25, 0.3) is 0 Å². The normalized spacial score (nSPS) is 15.1. The zero-order valence-corrected chi connectivity index (χ0v) is 15.3. The van der Waals surface area contributed by atoms with Crippen LogP contribution in [0, 0.1) is 17.0 Å². The second-order valence-corrected chi connectivity index (χ2v) is 6.96. The summed E-state index contributed by atoms with van der Waals surface area (Å²) in [4.78, 5) is 32.6. The van der Waals surface area contributed by atoms with Crippen LogP contribution in [0.2, 0.25) is 0 Å². The minimum atomic E-state index is -0.400. The predicted octanol–water partition coefficient (Wildman–Crippen LogP) is 2.11. The summed E-state index contributed by atoms with van der Waals surface area (Å²) in [6.07, 6.45) is 0. The van der Waals surface area contributed by atoms with E-state index >= 15 is 0 Å². The molecule has 1 aliphatic heterocycles. The van der Waals surface area contributed by atoms with E-state index in [0.29, 0.717) is 47.5 Å². The van der Waals surface area contributed by atoms with E-state index in [1.54, 1.807) is 18.2 Å². The van der Waals surface area contributed by atoms with Crippen LogP contribution in [0.3, 0.4) is 0 Å². The zero-order chi connectivity index (χ0) is 18.5. The number of rotatable bonds is 6. The van der Waals surface area contributed by atoms with Crippen LogP contribution in [-0.2, 0) is 17.0 Å². The summed E-state index contributed by atoms with van der Waals surface area (Å²) in [6, 6.07) is 6.58. The third-order valence-corrected chi connectivity index (χ3v) is 5.16. The van der Waals surface area contributed by atoms with Crippen molar-refractivity contribution < 1.29 is 9.66 Å². The molecule has 0 saturated carbocycles. The molecule has 0 bridgehead atoms. The lowest BCUT2D eigenvalue weighted by Gasteiger charge is -2.26. The highest BCUT2D eigenvalue weighted by atomic mass is 32.2. The number of benzene rings is 1. The van der Waals surface area contributed by atoms with Crippen molar-refractivity contribution in [3.8, 4) is 0 Å². The number of nitrogens with one attached hydrogen (secondary N) is 1. The minimum absolute atomic E-state index is 0.0722. The number of aryl methyl sites for hydroxylation is 1. The van der Waals surface area contributed by atoms with Crippen LogP contribution >= 0.6 is 11.8 Å². The maximum Gasteiger partial charge on any atom is 0.273 e. The van der Waals surface area contributed by atoms with Gasteiger partial charge in [0.15, 0.2) is 5.16 Å². The molecule has 0 radical (unpaired) electrons. The van der Waals surface area contributed by atoms with Gasteiger partial charge in [-0.3, -0.25) is 19.8 Å². The number of hydrogen-bond acceptors (Lipinski definition) is 7. The molecule has 26 heavy (non-hydrogen) atoms. The molecular weight excluding hydrogens is 356 g/mol. The van der Waals surface area contributed by atoms with E-state index in [9.17, 15) is 14.9 Å². The van der Waals surface area contributed by atoms with Gasteiger partial charge in [-0.05, 0) is 6.92 Å². The number of morpholine rings is 1. The molecule has 1 fully saturated rings. The maximum absolute atomic E-state index is 12.4. The highest BCUT2D eigenvalue weighted by Crippen LogP contribution is 2.25. The van der Waals surface area contributed by atoms with Crippen molar-refractivity contribution in [2.45, 2.75) is 24.4 Å². The largest absolute Gasteiger partial charge is 0.379 e. The molecule has 0 atom stereocenters. The van der Waals surface area contributed by atoms with Crippen molar-refractivity contribution in [2.24, 2.45) is 0 Å². The lowest BCUT2D eigenvalue weighted by molar-refractivity contribution is -0.385. The fourth-order valence-corrected chi connectivity index (χ4v) is 3.68. The first-order chi connectivity index (χ1) is 12.5. The van der Waals surface area contributed by atoms with Crippen molar-refractivity contribution in [1.82, 2.24) is 14.9 Å². The first-order valence-corrected chi connectivity index (χ1v) is 9.28. The van der Waals surface area contributed by atoms with Gasteiger partial charge in [0.25, 0.3) is 11.2 Å². The second kappa shape index (κ2) is 8.43. The number of hydrogen-bond donors (Lipinski definition) is 1. The summed E-state index contributed by atoms with van der Waals surface area (Å²) >= 11 is 1.28. The van der Waals surface area contributed by atoms with E-state index < -0.39 is 4.92 Å². The van der Waals surface area contributed by atoms with E-state index in [1.807, 2.05) is 6.92 Å². The number of H-pyrrole nitrogens is 1. The molecule has 1 aromatic heterocycles. The van der Waals surface area contributed by atoms with Crippen molar-refractivity contribution >= 4 is 17.4 Å². The number of aromatic amines is 1. The molecule has 1 saturated heterocycles. The van der Waals surface area contributed by atoms with Crippen molar-refractivity contribution in [1.29, 1.82) is 0 Å². The van der Waals surface area contributed by atoms with E-state index in [4.69, 9.17) is 4.74 Å². The van der Waals surface area contributed by atoms with Crippen molar-refractivity contribution in [2.75, 3.05) is 26.3 Å². The summed E-state index contributed by atoms with van der Waals surface area (Å²) in [5.74, 6) is 0.363. The summed E-state index contributed by atoms with van der Waals surface area (Å²) < 4.78 is 5.32. The smallest absolute Gasteiger partial charge is 0.273 e. The maximum atomic E-state index is 12.4. The molecule has 9 heteroatoms. The van der Waals surface area contributed by atoms with Gasteiger partial charge in [0.05, 0.1) is 29.4 Å². The SMILES string of the molecule is Cc1nc(SCc2ccccc2[N+](=O)[O-])[nH]c(=O)c1CN1CCOCC1. The molecular formula is C17H20N4O4S. The number of nitro groups is 1. The van der Waals surface area contributed by atoms with Crippen LogP contribution in [0.1, 0.15) is 16.8 Å². The number of thioether (sulfide) groups is 1. The van der Waals surface area contributed by atoms with Crippen LogP contribution < -0.4 is 5.56 Å². The van der Waals surface area contributed by atoms with E-state index in [0.717, 1.165) is 13.1 Å². The van der Waals surface area contributed by atoms with Crippen molar-refractivity contribution in [3.05, 3.63) is 61.6 Å². The molecule has 0 aliphatic carbocycles. The molecule has 8 nitrogen and oxygen atoms in total. The van der Waals surface area contributed by atoms with Crippen LogP contribution in [-0.4, -0.2) is 46.1 Å². The van der Waals surface area contributed by atoms with Gasteiger partial charge < -0.3 is 9.72 Å². The Kier molecular flexibility index (Phi) is 6.02. The summed E-state index contributed by atoms with van der Waals surface area (Å²) in [7, 11) is 0. The Morgan fingerprint density at radius 3 is 2.77 bits per heavy atom. The Morgan fingerprint density at radius 1 is 1.35 bits per heavy atom. The molecule has 138 valence electrons. The fraction of sp³-hybridized carbons (Fsp3) is 0.412. The zero-order valence-electron chi connectivity index (χ0n) is 14.4. The van der Waals surface area contributed by atoms with Crippen LogP contribution in [0.5, 0.6) is 0 Å². The van der Waals surface area contributed by atoms with Crippen molar-refractivity contribution in [3.63, 3.8) is 0 Å². The first kappa shape index (κ1) is 18.6. The summed E-state index contributed by atoms with van der Waals surface area (Å²) in [5.41, 5.74) is 1.85. The predicted molar refractivity (Wildman–Crippen MR) is 98.3 cm³/mol. The average molecular weight is 376 g/mol. The molecule has 2 heterocycles. The van der Waals surface area contributed by atoms with Crippen LogP contribution in [0.15, 0.2) is 34.2 Å². The van der Waals surface area contributed by atoms with E-state index in [1.165, 1.54) is 17.8 Å². The highest BCUT2D eigenvalue weighted by Gasteiger charge is 2.17. The third kappa shape index (κ3) is 4.48. The first-order valence-electron chi connectivity index (χ1n) is 8.29. The molecule has 1 aromatic carbocycles. The van der Waals surface area contributed by atoms with E-state index in [2.05, 4.69) is 14.9 Å². The third-order valence-electron chi connectivity index (χ3n) is 4.24. The topological polar surface area (TPSA) is 101 Å². The average Bonchev–Trinajstić information content (AvgIpc) is 2.64. The van der Waals surface area contributed by atoms with Crippen LogP contribution in [0.4, 0.5) is 5.69 Å². The quantitative estimate of drug-likeness (QED) is 0.356. The molecule has 0 spiro atoms. The Labute approximate surface area is 154 Å². The molecule has 0 unspecified atom stereocenters. The Hall–Kier alpha value is -2.23. The van der Waals surface area contributed by atoms with Gasteiger partial charge in [-0.2, -0.15) is 0 Å². The highest BCUT2D eigenvalue weighted by molar-refractivity contribution is 7.98. The molecule has 3 rings (SSSR count). The lowest BCUT2D eigenvalue weighted by atomic mass is 10.2. The number of para-hydroxylation sites is 1. The second-order valence-electron chi connectivity index (χ2n) is 6.00. The number of aromatic nitrogens is 2. The number of ether oxygens (including phenoxy) is 1. The van der Waals surface area contributed by atoms with Gasteiger partial charge in [-0.15, -0.1) is 0 Å². The summed E-state index contributed by atoms with van der Waals surface area (Å²) in [6.45, 7) is 5.31. The standard InChI is InChI=1S/C17H20N4O4S/c1-12-14(10-20-6-8-25-9-7-20)16(22)19-17(18-12)26-11-13-4-2-3-5-15(13)21(23)24/h2-5H,6-11H2,1H3,(H,18,19,22). The Bertz CT molecular complexity index is 849. The summed E-state index contributed by atoms with van der Waals surface area (Å²) in [5, 5.41) is 11.6.